The monoisotopic (exact) mass is 221 g/mol. The van der Waals surface area contributed by atoms with Gasteiger partial charge in [0.15, 0.2) is 6.23 Å². The summed E-state index contributed by atoms with van der Waals surface area (Å²) in [5.74, 6) is -0.473. The largest absolute Gasteiger partial charge is 0.507 e. The lowest BCUT2D eigenvalue weighted by atomic mass is 10.2. The first-order valence-electron chi connectivity index (χ1n) is 3.93. The number of hydrogen-bond acceptors (Lipinski definition) is 4. The van der Waals surface area contributed by atoms with Crippen LogP contribution in [0.1, 0.15) is 13.8 Å². The van der Waals surface area contributed by atoms with Gasteiger partial charge in [-0.15, -0.1) is 0 Å². The molecular formula is C7H11NO5S. The van der Waals surface area contributed by atoms with E-state index < -0.39 is 33.8 Å². The van der Waals surface area contributed by atoms with Crippen LogP contribution in [0.2, 0.25) is 0 Å². The van der Waals surface area contributed by atoms with E-state index in [1.54, 1.807) is 0 Å². The maximum atomic E-state index is 11.5. The van der Waals surface area contributed by atoms with Crippen LogP contribution in [0.4, 0.5) is 4.79 Å². The Balaban J connectivity index is 2.71. The van der Waals surface area contributed by atoms with Crippen molar-refractivity contribution in [2.45, 2.75) is 24.8 Å². The minimum atomic E-state index is -1.49. The number of nitrogens with one attached hydrogen (secondary N) is 1. The van der Waals surface area contributed by atoms with E-state index in [0.29, 0.717) is 0 Å². The van der Waals surface area contributed by atoms with Gasteiger partial charge in [-0.3, -0.25) is 9.00 Å². The number of amides is 1. The van der Waals surface area contributed by atoms with Crippen molar-refractivity contribution in [2.75, 3.05) is 5.75 Å². The van der Waals surface area contributed by atoms with Crippen LogP contribution in [0.15, 0.2) is 0 Å². The molecule has 0 radical (unpaired) electrons. The molecule has 1 heterocycles. The van der Waals surface area contributed by atoms with Crippen LogP contribution < -0.4 is 5.32 Å². The minimum Gasteiger partial charge on any atom is -0.450 e. The molecule has 0 bridgehead atoms. The highest BCUT2D eigenvalue weighted by molar-refractivity contribution is 7.87. The first-order valence-corrected chi connectivity index (χ1v) is 5.25. The molecule has 6 nitrogen and oxygen atoms in total. The number of carbonyl (C=O) groups is 2. The fourth-order valence-corrected chi connectivity index (χ4v) is 2.10. The summed E-state index contributed by atoms with van der Waals surface area (Å²) in [5, 5.41) is 10.6. The van der Waals surface area contributed by atoms with Gasteiger partial charge in [0, 0.05) is 10.8 Å². The highest BCUT2D eigenvalue weighted by Gasteiger charge is 2.42. The van der Waals surface area contributed by atoms with Crippen molar-refractivity contribution in [2.24, 2.45) is 0 Å². The van der Waals surface area contributed by atoms with Crippen molar-refractivity contribution in [3.8, 4) is 0 Å². The Kier molecular flexibility index (Phi) is 2.79. The Labute approximate surface area is 83.1 Å². The van der Waals surface area contributed by atoms with Crippen molar-refractivity contribution >= 4 is 22.9 Å². The van der Waals surface area contributed by atoms with Crippen molar-refractivity contribution < 1.29 is 23.6 Å². The summed E-state index contributed by atoms with van der Waals surface area (Å²) in [6, 6.07) is 0. The van der Waals surface area contributed by atoms with Crippen LogP contribution in [0.25, 0.3) is 0 Å². The van der Waals surface area contributed by atoms with Crippen LogP contribution in [0.3, 0.4) is 0 Å². The summed E-state index contributed by atoms with van der Waals surface area (Å²) in [4.78, 5) is 21.5. The molecule has 1 aliphatic heterocycles. The maximum absolute atomic E-state index is 11.5. The lowest BCUT2D eigenvalue weighted by Gasteiger charge is -2.32. The number of ether oxygens (including phenoxy) is 1. The lowest BCUT2D eigenvalue weighted by molar-refractivity contribution is -0.126. The van der Waals surface area contributed by atoms with E-state index >= 15 is 0 Å². The van der Waals surface area contributed by atoms with Gasteiger partial charge >= 0.3 is 6.16 Å². The molecule has 1 amide bonds. The van der Waals surface area contributed by atoms with E-state index in [4.69, 9.17) is 5.11 Å². The van der Waals surface area contributed by atoms with Crippen molar-refractivity contribution in [1.82, 2.24) is 5.32 Å². The van der Waals surface area contributed by atoms with Crippen LogP contribution >= 0.6 is 0 Å². The molecule has 1 rings (SSSR count). The average Bonchev–Trinajstić information content (AvgIpc) is 1.99. The van der Waals surface area contributed by atoms with Gasteiger partial charge in [0.1, 0.15) is 4.75 Å². The van der Waals surface area contributed by atoms with Gasteiger partial charge in [0.05, 0.1) is 5.75 Å². The van der Waals surface area contributed by atoms with Crippen molar-refractivity contribution in [1.29, 1.82) is 0 Å². The summed E-state index contributed by atoms with van der Waals surface area (Å²) in [6.07, 6.45) is -2.50. The molecule has 2 atom stereocenters. The minimum absolute atomic E-state index is 0.00889. The first kappa shape index (κ1) is 11.0. The molecule has 2 unspecified atom stereocenters. The zero-order chi connectivity index (χ0) is 10.9. The summed E-state index contributed by atoms with van der Waals surface area (Å²) in [5.41, 5.74) is 0. The number of carbonyl (C=O) groups excluding carboxylic acids is 1. The Morgan fingerprint density at radius 3 is 2.71 bits per heavy atom. The predicted octanol–water partition coefficient (Wildman–Crippen LogP) is -0.336. The molecule has 7 heteroatoms. The fraction of sp³-hybridized carbons (Fsp3) is 0.714. The summed E-state index contributed by atoms with van der Waals surface area (Å²) in [7, 11) is -1.43. The van der Waals surface area contributed by atoms with Crippen molar-refractivity contribution in [3.63, 3.8) is 0 Å². The van der Waals surface area contributed by atoms with E-state index in [0.717, 1.165) is 0 Å². The van der Waals surface area contributed by atoms with E-state index in [1.165, 1.54) is 13.8 Å². The second-order valence-electron chi connectivity index (χ2n) is 3.37. The Bertz CT molecular complexity index is 280. The fourth-order valence-electron chi connectivity index (χ4n) is 0.996. The standard InChI is InChI=1S/C7H11NO5S/c1-7(2)5(9)8-4(3-14(7)12)13-6(10)11/h4H,3H2,1-2H3,(H,8,9)(H,10,11). The highest BCUT2D eigenvalue weighted by atomic mass is 32.2. The molecule has 0 saturated carbocycles. The van der Waals surface area contributed by atoms with Crippen LogP contribution in [0, 0.1) is 0 Å². The molecule has 0 aliphatic carbocycles. The molecule has 0 spiro atoms. The van der Waals surface area contributed by atoms with Crippen molar-refractivity contribution in [3.05, 3.63) is 0 Å². The molecule has 80 valence electrons. The second-order valence-corrected chi connectivity index (χ2v) is 5.41. The average molecular weight is 221 g/mol. The zero-order valence-corrected chi connectivity index (χ0v) is 8.59. The number of carboxylic acid groups (broad SMARTS) is 1. The van der Waals surface area contributed by atoms with Crippen LogP contribution in [0.5, 0.6) is 0 Å². The quantitative estimate of drug-likeness (QED) is 0.591. The van der Waals surface area contributed by atoms with Gasteiger partial charge < -0.3 is 15.2 Å². The molecule has 1 saturated heterocycles. The topological polar surface area (TPSA) is 92.7 Å². The Morgan fingerprint density at radius 1 is 1.71 bits per heavy atom. The molecule has 0 aromatic heterocycles. The van der Waals surface area contributed by atoms with E-state index in [1.807, 2.05) is 0 Å². The molecule has 14 heavy (non-hydrogen) atoms. The van der Waals surface area contributed by atoms with Gasteiger partial charge in [-0.05, 0) is 13.8 Å². The Morgan fingerprint density at radius 2 is 2.29 bits per heavy atom. The van der Waals surface area contributed by atoms with Gasteiger partial charge in [0.2, 0.25) is 5.91 Å². The van der Waals surface area contributed by atoms with E-state index in [2.05, 4.69) is 10.1 Å². The third kappa shape index (κ3) is 2.03. The van der Waals surface area contributed by atoms with Gasteiger partial charge in [0.25, 0.3) is 0 Å². The third-order valence-corrected chi connectivity index (χ3v) is 3.88. The maximum Gasteiger partial charge on any atom is 0.507 e. The molecule has 2 N–H and O–H groups in total. The summed E-state index contributed by atoms with van der Waals surface area (Å²) in [6.45, 7) is 3.07. The first-order chi connectivity index (χ1) is 6.34. The summed E-state index contributed by atoms with van der Waals surface area (Å²) < 4.78 is 14.8. The zero-order valence-electron chi connectivity index (χ0n) is 7.77. The number of hydrogen-bond donors (Lipinski definition) is 2. The van der Waals surface area contributed by atoms with Gasteiger partial charge in [-0.25, -0.2) is 4.79 Å². The van der Waals surface area contributed by atoms with Crippen LogP contribution in [-0.4, -0.2) is 38.1 Å². The van der Waals surface area contributed by atoms with Gasteiger partial charge in [-0.1, -0.05) is 0 Å². The lowest BCUT2D eigenvalue weighted by Crippen LogP contribution is -2.58. The SMILES string of the molecule is CC1(C)C(=O)NC(OC(=O)O)CS1=O. The van der Waals surface area contributed by atoms with E-state index in [-0.39, 0.29) is 5.75 Å². The summed E-state index contributed by atoms with van der Waals surface area (Å²) >= 11 is 0. The molecule has 0 aromatic rings. The normalized spacial score (nSPS) is 30.6. The second kappa shape index (κ2) is 3.56. The molecule has 1 fully saturated rings. The number of rotatable bonds is 1. The predicted molar refractivity (Wildman–Crippen MR) is 48.1 cm³/mol. The van der Waals surface area contributed by atoms with Gasteiger partial charge in [-0.2, -0.15) is 0 Å². The molecule has 0 aromatic carbocycles. The van der Waals surface area contributed by atoms with Crippen LogP contribution in [-0.2, 0) is 20.3 Å². The molecular weight excluding hydrogens is 210 g/mol. The third-order valence-electron chi connectivity index (χ3n) is 1.95. The van der Waals surface area contributed by atoms with E-state index in [9.17, 15) is 13.8 Å². The molecule has 1 aliphatic rings. The smallest absolute Gasteiger partial charge is 0.450 e. The Hall–Kier alpha value is -1.11. The highest BCUT2D eigenvalue weighted by Crippen LogP contribution is 2.19.